The van der Waals surface area contributed by atoms with Crippen LogP contribution in [0.1, 0.15) is 12.0 Å². The Balaban J connectivity index is 1.73. The highest BCUT2D eigenvalue weighted by atomic mass is 32.2. The van der Waals surface area contributed by atoms with Crippen molar-refractivity contribution in [1.29, 1.82) is 5.41 Å². The van der Waals surface area contributed by atoms with Gasteiger partial charge in [0.25, 0.3) is 11.8 Å². The molecule has 1 aromatic heterocycles. The molecule has 0 spiro atoms. The summed E-state index contributed by atoms with van der Waals surface area (Å²) in [5, 5.41) is 18.1. The number of hydrogen-bond donors (Lipinski definition) is 1. The summed E-state index contributed by atoms with van der Waals surface area (Å²) in [5.41, 5.74) is 0.118. The number of amides is 2. The van der Waals surface area contributed by atoms with E-state index in [1.54, 1.807) is 0 Å². The first-order valence-corrected chi connectivity index (χ1v) is 8.40. The van der Waals surface area contributed by atoms with Gasteiger partial charge in [-0.25, -0.2) is 12.7 Å². The van der Waals surface area contributed by atoms with Gasteiger partial charge in [0, 0.05) is 18.2 Å². The molecular weight excluding hydrogens is 340 g/mol. The second kappa shape index (κ2) is 5.53. The van der Waals surface area contributed by atoms with Crippen LogP contribution in [0.2, 0.25) is 0 Å². The molecule has 0 saturated carbocycles. The van der Waals surface area contributed by atoms with Crippen LogP contribution in [0, 0.1) is 5.41 Å². The van der Waals surface area contributed by atoms with Crippen molar-refractivity contribution in [2.24, 2.45) is 0 Å². The zero-order valence-corrected chi connectivity index (χ0v) is 13.1. The summed E-state index contributed by atoms with van der Waals surface area (Å²) >= 11 is 0. The highest BCUT2D eigenvalue weighted by Gasteiger charge is 2.58. The molecule has 2 atom stereocenters. The summed E-state index contributed by atoms with van der Waals surface area (Å²) in [6.45, 7) is 0.00526. The third kappa shape index (κ3) is 2.61. The van der Waals surface area contributed by atoms with Gasteiger partial charge in [-0.15, -0.1) is 0 Å². The summed E-state index contributed by atoms with van der Waals surface area (Å²) in [5.74, 6) is -2.21. The maximum atomic E-state index is 12.4. The predicted octanol–water partition coefficient (Wildman–Crippen LogP) is -3.07. The van der Waals surface area contributed by atoms with Crippen LogP contribution in [-0.2, 0) is 26.4 Å². The highest BCUT2D eigenvalue weighted by molar-refractivity contribution is 7.84. The van der Waals surface area contributed by atoms with Crippen LogP contribution in [0.4, 0.5) is 0 Å². The summed E-state index contributed by atoms with van der Waals surface area (Å²) in [6, 6.07) is 1.23. The molecule has 2 amide bonds. The zero-order chi connectivity index (χ0) is 17.6. The maximum Gasteiger partial charge on any atom is 0.289 e. The number of fused-ring (bicyclic) bond motifs is 1. The Labute approximate surface area is 137 Å². The van der Waals surface area contributed by atoms with Crippen LogP contribution in [0.3, 0.4) is 0 Å². The van der Waals surface area contributed by atoms with Crippen molar-refractivity contribution in [3.05, 3.63) is 30.1 Å². The first kappa shape index (κ1) is 16.3. The van der Waals surface area contributed by atoms with E-state index in [1.807, 2.05) is 0 Å². The molecule has 0 aromatic carbocycles. The molecule has 2 fully saturated rings. The molecule has 10 nitrogen and oxygen atoms in total. The van der Waals surface area contributed by atoms with Gasteiger partial charge in [-0.2, -0.15) is 4.57 Å². The molecule has 0 bridgehead atoms. The number of β-lactam (4-membered cyclic amide) rings is 1. The van der Waals surface area contributed by atoms with Gasteiger partial charge < -0.3 is 20.0 Å². The van der Waals surface area contributed by atoms with Gasteiger partial charge in [-0.1, -0.05) is 0 Å². The Kier molecular flexibility index (Phi) is 3.76. The third-order valence-corrected chi connectivity index (χ3v) is 5.07. The molecule has 2 aliphatic rings. The van der Waals surface area contributed by atoms with E-state index < -0.39 is 40.1 Å². The minimum Gasteiger partial charge on any atom is -0.859 e. The Morgan fingerprint density at radius 1 is 1.46 bits per heavy atom. The molecule has 3 rings (SSSR count). The van der Waals surface area contributed by atoms with Crippen molar-refractivity contribution < 1.29 is 32.2 Å². The van der Waals surface area contributed by atoms with Crippen molar-refractivity contribution in [1.82, 2.24) is 9.21 Å². The molecule has 11 heteroatoms. The van der Waals surface area contributed by atoms with Crippen molar-refractivity contribution in [3.8, 4) is 0 Å². The summed E-state index contributed by atoms with van der Waals surface area (Å²) in [7, 11) is -4.86. The number of aromatic nitrogens is 1. The van der Waals surface area contributed by atoms with Crippen LogP contribution < -0.4 is 9.67 Å². The van der Waals surface area contributed by atoms with E-state index in [0.29, 0.717) is 0 Å². The Morgan fingerprint density at radius 3 is 2.79 bits per heavy atom. The van der Waals surface area contributed by atoms with Gasteiger partial charge in [0.15, 0.2) is 22.7 Å². The van der Waals surface area contributed by atoms with E-state index in [-0.39, 0.29) is 29.4 Å². The number of carbonyl (C=O) groups excluding carboxylic acids is 2. The quantitative estimate of drug-likeness (QED) is 0.200. The smallest absolute Gasteiger partial charge is 0.289 e. The number of nitrogens with one attached hydrogen (secondary N) is 1. The first-order valence-electron chi connectivity index (χ1n) is 7.04. The number of carbonyl (C=O) groups is 2. The Morgan fingerprint density at radius 2 is 2.17 bits per heavy atom. The van der Waals surface area contributed by atoms with Crippen LogP contribution in [-0.4, -0.2) is 58.5 Å². The third-order valence-electron chi connectivity index (χ3n) is 4.14. The molecule has 2 saturated heterocycles. The van der Waals surface area contributed by atoms with Crippen molar-refractivity contribution >= 4 is 28.0 Å². The minimum atomic E-state index is -4.86. The monoisotopic (exact) mass is 353 g/mol. The number of likely N-dealkylation sites (tertiary alicyclic amines) is 1. The second-order valence-corrected chi connectivity index (χ2v) is 6.82. The van der Waals surface area contributed by atoms with E-state index in [4.69, 9.17) is 5.41 Å². The lowest BCUT2D eigenvalue weighted by atomic mass is 10.0. The van der Waals surface area contributed by atoms with E-state index in [1.165, 1.54) is 34.0 Å². The fourth-order valence-electron chi connectivity index (χ4n) is 3.09. The van der Waals surface area contributed by atoms with Crippen LogP contribution in [0.5, 0.6) is 0 Å². The molecule has 128 valence electrons. The van der Waals surface area contributed by atoms with Crippen LogP contribution >= 0.6 is 0 Å². The lowest BCUT2D eigenvalue weighted by molar-refractivity contribution is -0.685. The Hall–Kier alpha value is -2.53. The van der Waals surface area contributed by atoms with E-state index >= 15 is 0 Å². The van der Waals surface area contributed by atoms with Crippen LogP contribution in [0.25, 0.3) is 0 Å². The molecule has 1 N–H and O–H groups in total. The molecule has 2 aliphatic heterocycles. The largest absolute Gasteiger partial charge is 0.859 e. The lowest BCUT2D eigenvalue weighted by Crippen LogP contribution is -2.68. The molecule has 24 heavy (non-hydrogen) atoms. The van der Waals surface area contributed by atoms with E-state index in [9.17, 15) is 27.7 Å². The summed E-state index contributed by atoms with van der Waals surface area (Å²) in [6.07, 6.45) is 3.10. The molecule has 0 aliphatic carbocycles. The second-order valence-electron chi connectivity index (χ2n) is 5.57. The maximum absolute atomic E-state index is 12.4. The van der Waals surface area contributed by atoms with Gasteiger partial charge in [0.2, 0.25) is 6.54 Å². The van der Waals surface area contributed by atoms with E-state index in [0.717, 1.165) is 0 Å². The fraction of sp³-hybridized carbons (Fsp3) is 0.385. The highest BCUT2D eigenvalue weighted by Crippen LogP contribution is 2.35. The summed E-state index contributed by atoms with van der Waals surface area (Å²) < 4.78 is 34.8. The first-order chi connectivity index (χ1) is 11.2. The van der Waals surface area contributed by atoms with E-state index in [2.05, 4.69) is 0 Å². The van der Waals surface area contributed by atoms with Crippen molar-refractivity contribution in [2.45, 2.75) is 25.0 Å². The number of nitrogens with zero attached hydrogens (tertiary/aromatic N) is 3. The SMILES string of the molecule is N=C([O-])c1ccc[n+](CC(=O)N2CC[C@@H]3[C@H]2C(=O)N3S(=O)(=O)[O-])c1. The van der Waals surface area contributed by atoms with Crippen molar-refractivity contribution in [3.63, 3.8) is 0 Å². The van der Waals surface area contributed by atoms with Gasteiger partial charge >= 0.3 is 0 Å². The number of pyridine rings is 1. The molecule has 0 unspecified atom stereocenters. The number of rotatable bonds is 4. The normalized spacial score (nSPS) is 23.0. The molecule has 3 heterocycles. The summed E-state index contributed by atoms with van der Waals surface area (Å²) in [4.78, 5) is 25.5. The molecule has 0 radical (unpaired) electrons. The minimum absolute atomic E-state index is 0.118. The van der Waals surface area contributed by atoms with Crippen molar-refractivity contribution in [2.75, 3.05) is 6.54 Å². The van der Waals surface area contributed by atoms with Gasteiger partial charge in [0.05, 0.1) is 6.04 Å². The Bertz CT molecular complexity index is 839. The zero-order valence-electron chi connectivity index (χ0n) is 12.3. The topological polar surface area (TPSA) is 149 Å². The fourth-order valence-corrected chi connectivity index (χ4v) is 3.97. The average Bonchev–Trinajstić information content (AvgIpc) is 2.84. The van der Waals surface area contributed by atoms with Crippen LogP contribution in [0.15, 0.2) is 24.5 Å². The molecular formula is C13H13N4O6S-. The standard InChI is InChI=1S/C13H14N4O6S/c14-12(19)8-2-1-4-15(6-8)7-10(18)16-5-3-9-11(16)13(20)17(9)24(21,22)23/h1-2,4,6,9,11H,3,5,7H2,(H2-,14,19,21,22,23)/p-1/t9-,11+/m1/s1. The number of hydrogen-bond acceptors (Lipinski definition) is 7. The van der Waals surface area contributed by atoms with Gasteiger partial charge in [-0.3, -0.25) is 9.59 Å². The van der Waals surface area contributed by atoms with Gasteiger partial charge in [0.1, 0.15) is 6.04 Å². The van der Waals surface area contributed by atoms with Gasteiger partial charge in [-0.05, 0) is 18.4 Å². The molecule has 1 aromatic rings. The predicted molar refractivity (Wildman–Crippen MR) is 73.9 cm³/mol. The lowest BCUT2D eigenvalue weighted by Gasteiger charge is -2.45. The average molecular weight is 353 g/mol.